The lowest BCUT2D eigenvalue weighted by atomic mass is 9.95. The van der Waals surface area contributed by atoms with E-state index < -0.39 is 5.85 Å². The number of anilines is 1. The predicted molar refractivity (Wildman–Crippen MR) is 166 cm³/mol. The molecule has 3 aliphatic rings. The van der Waals surface area contributed by atoms with Crippen LogP contribution in [0, 0.1) is 0 Å². The Labute approximate surface area is 252 Å². The highest BCUT2D eigenvalue weighted by atomic mass is 35.5. The van der Waals surface area contributed by atoms with Crippen molar-refractivity contribution < 1.29 is 19.4 Å². The standard InChI is InChI=1S/C33H26ClN3O4S/c1-2-40-30-17-21(13-15-28(30)38)18-31-33(36(32(39)42-31)24-11-7-4-8-12-24)37-27(25-19-23(34)14-16-29(25)41-33)20-26(35-37)22-9-5-3-6-10-22/h3-19,27,38H,2,20H2,1H3/b31-18-. The second kappa shape index (κ2) is 10.5. The summed E-state index contributed by atoms with van der Waals surface area (Å²) in [6, 6.07) is 30.0. The Morgan fingerprint density at radius 1 is 1.07 bits per heavy atom. The molecule has 9 heteroatoms. The summed E-state index contributed by atoms with van der Waals surface area (Å²) in [6.45, 7) is 2.26. The Balaban J connectivity index is 1.47. The summed E-state index contributed by atoms with van der Waals surface area (Å²) in [6.07, 6.45) is 2.51. The average Bonchev–Trinajstić information content (AvgIpc) is 3.57. The summed E-state index contributed by atoms with van der Waals surface area (Å²) < 4.78 is 12.6. The van der Waals surface area contributed by atoms with E-state index in [1.54, 1.807) is 29.2 Å². The van der Waals surface area contributed by atoms with E-state index in [2.05, 4.69) is 0 Å². The Morgan fingerprint density at radius 3 is 2.60 bits per heavy atom. The van der Waals surface area contributed by atoms with Crippen LogP contribution in [-0.2, 0) is 0 Å². The van der Waals surface area contributed by atoms with Gasteiger partial charge < -0.3 is 14.6 Å². The summed E-state index contributed by atoms with van der Waals surface area (Å²) in [7, 11) is 0. The number of carbonyl (C=O) groups excluding carboxylic acids is 1. The number of fused-ring (bicyclic) bond motifs is 4. The number of phenolic OH excluding ortho intramolecular Hbond substituents is 1. The molecule has 0 aliphatic carbocycles. The van der Waals surface area contributed by atoms with Gasteiger partial charge in [0.15, 0.2) is 11.5 Å². The molecule has 2 atom stereocenters. The van der Waals surface area contributed by atoms with Gasteiger partial charge >= 0.3 is 5.85 Å². The van der Waals surface area contributed by atoms with Gasteiger partial charge in [-0.3, -0.25) is 4.79 Å². The first kappa shape index (κ1) is 26.5. The highest BCUT2D eigenvalue weighted by molar-refractivity contribution is 8.17. The highest BCUT2D eigenvalue weighted by Gasteiger charge is 2.63. The lowest BCUT2D eigenvalue weighted by Crippen LogP contribution is -2.63. The van der Waals surface area contributed by atoms with E-state index in [1.165, 1.54) is 0 Å². The Kier molecular flexibility index (Phi) is 6.60. The fourth-order valence-electron chi connectivity index (χ4n) is 5.69. The van der Waals surface area contributed by atoms with Gasteiger partial charge in [-0.25, -0.2) is 9.91 Å². The molecule has 7 nitrogen and oxygen atoms in total. The Hall–Kier alpha value is -4.40. The molecule has 42 heavy (non-hydrogen) atoms. The number of carbonyl (C=O) groups is 1. The number of halogens is 1. The van der Waals surface area contributed by atoms with Crippen LogP contribution in [0.3, 0.4) is 0 Å². The van der Waals surface area contributed by atoms with Crippen molar-refractivity contribution in [2.75, 3.05) is 11.5 Å². The molecule has 2 unspecified atom stereocenters. The zero-order chi connectivity index (χ0) is 28.8. The van der Waals surface area contributed by atoms with E-state index in [-0.39, 0.29) is 17.0 Å². The minimum absolute atomic E-state index is 0.0474. The minimum atomic E-state index is -1.42. The number of aromatic hydroxyl groups is 1. The maximum absolute atomic E-state index is 14.0. The molecule has 4 aromatic rings. The summed E-state index contributed by atoms with van der Waals surface area (Å²) in [5.74, 6) is -0.378. The first-order valence-electron chi connectivity index (χ1n) is 13.6. The van der Waals surface area contributed by atoms with Gasteiger partial charge in [-0.1, -0.05) is 66.2 Å². The molecule has 0 aromatic heterocycles. The van der Waals surface area contributed by atoms with Gasteiger partial charge in [0.05, 0.1) is 29.0 Å². The predicted octanol–water partition coefficient (Wildman–Crippen LogP) is 8.06. The number of para-hydroxylation sites is 1. The van der Waals surface area contributed by atoms with Crippen molar-refractivity contribution in [1.29, 1.82) is 0 Å². The van der Waals surface area contributed by atoms with Crippen LogP contribution in [0.2, 0.25) is 5.02 Å². The van der Waals surface area contributed by atoms with Crippen LogP contribution >= 0.6 is 23.4 Å². The molecule has 0 saturated carbocycles. The number of nitrogens with zero attached hydrogens (tertiary/aromatic N) is 3. The third kappa shape index (κ3) is 4.30. The van der Waals surface area contributed by atoms with Crippen molar-refractivity contribution in [2.24, 2.45) is 5.10 Å². The SMILES string of the molecule is CCOc1cc(/C=C2\SC(=O)N(c3ccccc3)C23Oc2ccc(Cl)cc2C2CC(c4ccccc4)=NN23)ccc1O. The second-order valence-electron chi connectivity index (χ2n) is 10.1. The number of amides is 1. The lowest BCUT2D eigenvalue weighted by Gasteiger charge is -2.49. The van der Waals surface area contributed by atoms with Crippen molar-refractivity contribution in [1.82, 2.24) is 5.01 Å². The number of rotatable bonds is 5. The molecular formula is C33H26ClN3O4S. The van der Waals surface area contributed by atoms with E-state index >= 15 is 0 Å². The fraction of sp³-hybridized carbons (Fsp3) is 0.152. The number of hydrogen-bond donors (Lipinski definition) is 1. The molecule has 3 heterocycles. The van der Waals surface area contributed by atoms with Crippen molar-refractivity contribution in [3.05, 3.63) is 124 Å². The van der Waals surface area contributed by atoms with Crippen molar-refractivity contribution in [2.45, 2.75) is 25.2 Å². The van der Waals surface area contributed by atoms with E-state index in [0.29, 0.717) is 40.1 Å². The molecule has 210 valence electrons. The molecule has 1 fully saturated rings. The molecule has 1 N–H and O–H groups in total. The summed E-state index contributed by atoms with van der Waals surface area (Å²) >= 11 is 7.58. The van der Waals surface area contributed by atoms with Crippen LogP contribution in [0.25, 0.3) is 6.08 Å². The van der Waals surface area contributed by atoms with E-state index in [9.17, 15) is 9.90 Å². The molecule has 1 spiro atoms. The van der Waals surface area contributed by atoms with Crippen molar-refractivity contribution >= 4 is 46.1 Å². The molecule has 4 aromatic carbocycles. The third-order valence-corrected chi connectivity index (χ3v) is 8.71. The van der Waals surface area contributed by atoms with Crippen molar-refractivity contribution in [3.63, 3.8) is 0 Å². The minimum Gasteiger partial charge on any atom is -0.504 e. The van der Waals surface area contributed by atoms with Gasteiger partial charge in [0.25, 0.3) is 5.24 Å². The number of phenols is 1. The average molecular weight is 596 g/mol. The van der Waals surface area contributed by atoms with Crippen LogP contribution in [0.15, 0.2) is 107 Å². The molecular weight excluding hydrogens is 570 g/mol. The van der Waals surface area contributed by atoms with Crippen LogP contribution < -0.4 is 14.4 Å². The molecule has 1 saturated heterocycles. The number of hydrazone groups is 1. The van der Waals surface area contributed by atoms with Crippen LogP contribution in [0.4, 0.5) is 10.5 Å². The zero-order valence-corrected chi connectivity index (χ0v) is 24.2. The van der Waals surface area contributed by atoms with Crippen LogP contribution in [0.1, 0.15) is 36.1 Å². The molecule has 0 bridgehead atoms. The van der Waals surface area contributed by atoms with Gasteiger partial charge in [0.2, 0.25) is 0 Å². The van der Waals surface area contributed by atoms with Gasteiger partial charge in [-0.05, 0) is 78.4 Å². The Morgan fingerprint density at radius 2 is 1.83 bits per heavy atom. The molecule has 7 rings (SSSR count). The first-order chi connectivity index (χ1) is 20.5. The number of ether oxygens (including phenoxy) is 2. The smallest absolute Gasteiger partial charge is 0.321 e. The zero-order valence-electron chi connectivity index (χ0n) is 22.6. The first-order valence-corrected chi connectivity index (χ1v) is 14.8. The van der Waals surface area contributed by atoms with E-state index in [4.69, 9.17) is 26.2 Å². The summed E-state index contributed by atoms with van der Waals surface area (Å²) in [5, 5.41) is 17.8. The van der Waals surface area contributed by atoms with Crippen LogP contribution in [-0.4, -0.2) is 33.5 Å². The van der Waals surface area contributed by atoms with Crippen LogP contribution in [0.5, 0.6) is 17.2 Å². The summed E-state index contributed by atoms with van der Waals surface area (Å²) in [5.41, 5.74) is 4.21. The highest BCUT2D eigenvalue weighted by Crippen LogP contribution is 2.58. The van der Waals surface area contributed by atoms with Gasteiger partial charge in [-0.2, -0.15) is 5.10 Å². The second-order valence-corrected chi connectivity index (χ2v) is 11.5. The molecule has 3 aliphatic heterocycles. The number of thioether (sulfide) groups is 1. The van der Waals surface area contributed by atoms with Gasteiger partial charge in [0, 0.05) is 17.0 Å². The summed E-state index contributed by atoms with van der Waals surface area (Å²) in [4.78, 5) is 16.3. The van der Waals surface area contributed by atoms with Crippen molar-refractivity contribution in [3.8, 4) is 17.2 Å². The third-order valence-electron chi connectivity index (χ3n) is 7.51. The molecule has 0 radical (unpaired) electrons. The van der Waals surface area contributed by atoms with Gasteiger partial charge in [0.1, 0.15) is 5.75 Å². The maximum Gasteiger partial charge on any atom is 0.321 e. The topological polar surface area (TPSA) is 74.6 Å². The number of benzene rings is 4. The monoisotopic (exact) mass is 595 g/mol. The normalized spacial score (nSPS) is 21.8. The number of hydrogen-bond acceptors (Lipinski definition) is 7. The molecule has 1 amide bonds. The fourth-order valence-corrected chi connectivity index (χ4v) is 6.93. The quantitative estimate of drug-likeness (QED) is 0.252. The Bertz CT molecular complexity index is 1750. The van der Waals surface area contributed by atoms with E-state index in [1.807, 2.05) is 90.8 Å². The largest absolute Gasteiger partial charge is 0.504 e. The lowest BCUT2D eigenvalue weighted by molar-refractivity contribution is -0.0763. The van der Waals surface area contributed by atoms with E-state index in [0.717, 1.165) is 34.2 Å². The maximum atomic E-state index is 14.0. The van der Waals surface area contributed by atoms with Gasteiger partial charge in [-0.15, -0.1) is 0 Å².